The van der Waals surface area contributed by atoms with E-state index in [4.69, 9.17) is 9.84 Å². The number of rotatable bonds is 4. The summed E-state index contributed by atoms with van der Waals surface area (Å²) in [5.41, 5.74) is 0.256. The fourth-order valence-electron chi connectivity index (χ4n) is 1.96. The number of methoxy groups -OCH3 is 1. The van der Waals surface area contributed by atoms with Crippen molar-refractivity contribution in [3.8, 4) is 5.75 Å². The Morgan fingerprint density at radius 3 is 2.40 bits per heavy atom. The van der Waals surface area contributed by atoms with E-state index in [9.17, 15) is 13.2 Å². The SMILES string of the molecule is COc1ccc(S(=O)(=O)N2CC=C(C(=O)O)CC2)cc1. The fraction of sp³-hybridized carbons (Fsp3) is 0.308. The van der Waals surface area contributed by atoms with E-state index in [2.05, 4.69) is 0 Å². The highest BCUT2D eigenvalue weighted by atomic mass is 32.2. The maximum absolute atomic E-state index is 12.4. The summed E-state index contributed by atoms with van der Waals surface area (Å²) in [6.07, 6.45) is 1.65. The molecule has 0 bridgehead atoms. The molecule has 0 atom stereocenters. The third-order valence-corrected chi connectivity index (χ3v) is 5.02. The zero-order valence-electron chi connectivity index (χ0n) is 10.9. The minimum Gasteiger partial charge on any atom is -0.497 e. The van der Waals surface area contributed by atoms with E-state index >= 15 is 0 Å². The molecule has 2 rings (SSSR count). The lowest BCUT2D eigenvalue weighted by atomic mass is 10.1. The van der Waals surface area contributed by atoms with Crippen LogP contribution in [0.25, 0.3) is 0 Å². The number of hydrogen-bond acceptors (Lipinski definition) is 4. The molecule has 0 saturated heterocycles. The molecule has 0 amide bonds. The molecule has 0 fully saturated rings. The van der Waals surface area contributed by atoms with Crippen LogP contribution in [0.1, 0.15) is 6.42 Å². The Morgan fingerprint density at radius 2 is 1.95 bits per heavy atom. The van der Waals surface area contributed by atoms with Crippen molar-refractivity contribution in [3.05, 3.63) is 35.9 Å². The highest BCUT2D eigenvalue weighted by Crippen LogP contribution is 2.22. The first-order valence-corrected chi connectivity index (χ1v) is 7.45. The topological polar surface area (TPSA) is 83.9 Å². The molecular weight excluding hydrogens is 282 g/mol. The second-order valence-corrected chi connectivity index (χ2v) is 6.26. The van der Waals surface area contributed by atoms with E-state index in [1.807, 2.05) is 0 Å². The number of carbonyl (C=O) groups is 1. The molecule has 20 heavy (non-hydrogen) atoms. The van der Waals surface area contributed by atoms with Crippen LogP contribution in [0.4, 0.5) is 0 Å². The lowest BCUT2D eigenvalue weighted by Gasteiger charge is -2.24. The van der Waals surface area contributed by atoms with Gasteiger partial charge in [-0.1, -0.05) is 6.08 Å². The molecular formula is C13H15NO5S. The van der Waals surface area contributed by atoms with Crippen LogP contribution in [0.2, 0.25) is 0 Å². The second-order valence-electron chi connectivity index (χ2n) is 4.32. The average molecular weight is 297 g/mol. The largest absolute Gasteiger partial charge is 0.497 e. The molecule has 1 heterocycles. The fourth-order valence-corrected chi connectivity index (χ4v) is 3.34. The van der Waals surface area contributed by atoms with Crippen LogP contribution < -0.4 is 4.74 Å². The Labute approximate surface area is 117 Å². The van der Waals surface area contributed by atoms with Crippen LogP contribution in [-0.2, 0) is 14.8 Å². The van der Waals surface area contributed by atoms with Crippen LogP contribution in [0, 0.1) is 0 Å². The van der Waals surface area contributed by atoms with Crippen LogP contribution in [0.3, 0.4) is 0 Å². The first-order chi connectivity index (χ1) is 9.45. The highest BCUT2D eigenvalue weighted by molar-refractivity contribution is 7.89. The van der Waals surface area contributed by atoms with Crippen LogP contribution in [0.15, 0.2) is 40.8 Å². The van der Waals surface area contributed by atoms with Crippen LogP contribution in [-0.4, -0.2) is 44.0 Å². The number of carboxylic acids is 1. The molecule has 0 radical (unpaired) electrons. The van der Waals surface area contributed by atoms with E-state index in [0.717, 1.165) is 0 Å². The first kappa shape index (κ1) is 14.5. The highest BCUT2D eigenvalue weighted by Gasteiger charge is 2.27. The van der Waals surface area contributed by atoms with Gasteiger partial charge in [-0.15, -0.1) is 0 Å². The first-order valence-electron chi connectivity index (χ1n) is 6.01. The minimum atomic E-state index is -3.60. The molecule has 0 aromatic heterocycles. The predicted octanol–water partition coefficient (Wildman–Crippen LogP) is 1.10. The average Bonchev–Trinajstić information content (AvgIpc) is 2.47. The van der Waals surface area contributed by atoms with Gasteiger partial charge in [-0.05, 0) is 30.7 Å². The second kappa shape index (κ2) is 5.64. The summed E-state index contributed by atoms with van der Waals surface area (Å²) < 4.78 is 31.0. The Bertz CT molecular complexity index is 633. The van der Waals surface area contributed by atoms with Gasteiger partial charge in [0.05, 0.1) is 12.0 Å². The van der Waals surface area contributed by atoms with Gasteiger partial charge in [0.1, 0.15) is 5.75 Å². The molecule has 1 N–H and O–H groups in total. The van der Waals surface area contributed by atoms with E-state index in [1.165, 1.54) is 29.6 Å². The number of benzene rings is 1. The number of ether oxygens (including phenoxy) is 1. The molecule has 108 valence electrons. The summed E-state index contributed by atoms with van der Waals surface area (Å²) in [6.45, 7) is 0.252. The van der Waals surface area contributed by atoms with Gasteiger partial charge in [-0.25, -0.2) is 13.2 Å². The summed E-state index contributed by atoms with van der Waals surface area (Å²) >= 11 is 0. The lowest BCUT2D eigenvalue weighted by Crippen LogP contribution is -2.35. The standard InChI is InChI=1S/C13H15NO5S/c1-19-11-2-4-12(5-3-11)20(17,18)14-8-6-10(7-9-14)13(15)16/h2-6H,7-9H2,1H3,(H,15,16). The maximum atomic E-state index is 12.4. The van der Waals surface area contributed by atoms with Gasteiger partial charge in [-0.2, -0.15) is 4.31 Å². The lowest BCUT2D eigenvalue weighted by molar-refractivity contribution is -0.132. The third kappa shape index (κ3) is 2.83. The van der Waals surface area contributed by atoms with E-state index in [0.29, 0.717) is 5.75 Å². The quantitative estimate of drug-likeness (QED) is 0.899. The Morgan fingerprint density at radius 1 is 1.30 bits per heavy atom. The number of hydrogen-bond donors (Lipinski definition) is 1. The summed E-state index contributed by atoms with van der Waals surface area (Å²) in [7, 11) is -2.09. The van der Waals surface area contributed by atoms with Gasteiger partial charge < -0.3 is 9.84 Å². The summed E-state index contributed by atoms with van der Waals surface area (Å²) in [6, 6.07) is 6.11. The van der Waals surface area contributed by atoms with Gasteiger partial charge in [-0.3, -0.25) is 0 Å². The van der Waals surface area contributed by atoms with E-state index < -0.39 is 16.0 Å². The predicted molar refractivity (Wildman–Crippen MR) is 72.1 cm³/mol. The van der Waals surface area contributed by atoms with Gasteiger partial charge >= 0.3 is 5.97 Å². The molecule has 0 spiro atoms. The van der Waals surface area contributed by atoms with Gasteiger partial charge in [0, 0.05) is 18.7 Å². The Hall–Kier alpha value is -1.86. The summed E-state index contributed by atoms with van der Waals surface area (Å²) in [5, 5.41) is 8.85. The molecule has 7 heteroatoms. The summed E-state index contributed by atoms with van der Waals surface area (Å²) in [5.74, 6) is -0.415. The normalized spacial score (nSPS) is 16.6. The maximum Gasteiger partial charge on any atom is 0.331 e. The zero-order chi connectivity index (χ0) is 14.8. The number of nitrogens with zero attached hydrogens (tertiary/aromatic N) is 1. The minimum absolute atomic E-state index is 0.0794. The van der Waals surface area contributed by atoms with Crippen molar-refractivity contribution < 1.29 is 23.1 Å². The number of aliphatic carboxylic acids is 1. The van der Waals surface area contributed by atoms with Crippen molar-refractivity contribution in [3.63, 3.8) is 0 Å². The van der Waals surface area contributed by atoms with Crippen LogP contribution >= 0.6 is 0 Å². The molecule has 0 saturated carbocycles. The monoisotopic (exact) mass is 297 g/mol. The smallest absolute Gasteiger partial charge is 0.331 e. The van der Waals surface area contributed by atoms with Crippen molar-refractivity contribution in [2.45, 2.75) is 11.3 Å². The van der Waals surface area contributed by atoms with Crippen molar-refractivity contribution in [1.29, 1.82) is 0 Å². The molecule has 1 aliphatic heterocycles. The van der Waals surface area contributed by atoms with Crippen molar-refractivity contribution in [1.82, 2.24) is 4.31 Å². The molecule has 0 unspecified atom stereocenters. The molecule has 6 nitrogen and oxygen atoms in total. The molecule has 1 aromatic carbocycles. The Balaban J connectivity index is 2.21. The van der Waals surface area contributed by atoms with E-state index in [-0.39, 0.29) is 30.0 Å². The third-order valence-electron chi connectivity index (χ3n) is 3.14. The van der Waals surface area contributed by atoms with Crippen molar-refractivity contribution in [2.75, 3.05) is 20.2 Å². The molecule has 1 aromatic rings. The van der Waals surface area contributed by atoms with Crippen molar-refractivity contribution in [2.24, 2.45) is 0 Å². The van der Waals surface area contributed by atoms with E-state index in [1.54, 1.807) is 12.1 Å². The van der Waals surface area contributed by atoms with Gasteiger partial charge in [0.2, 0.25) is 10.0 Å². The molecule has 1 aliphatic rings. The van der Waals surface area contributed by atoms with Crippen LogP contribution in [0.5, 0.6) is 5.75 Å². The Kier molecular flexibility index (Phi) is 4.10. The number of carboxylic acid groups (broad SMARTS) is 1. The summed E-state index contributed by atoms with van der Waals surface area (Å²) in [4.78, 5) is 11.0. The zero-order valence-corrected chi connectivity index (χ0v) is 11.8. The molecule has 0 aliphatic carbocycles. The number of sulfonamides is 1. The van der Waals surface area contributed by atoms with Crippen molar-refractivity contribution >= 4 is 16.0 Å². The van der Waals surface area contributed by atoms with Gasteiger partial charge in [0.15, 0.2) is 0 Å². The van der Waals surface area contributed by atoms with Gasteiger partial charge in [0.25, 0.3) is 0 Å².